The van der Waals surface area contributed by atoms with E-state index in [0.29, 0.717) is 26.1 Å². The zero-order valence-corrected chi connectivity index (χ0v) is 20.1. The molecule has 1 saturated carbocycles. The summed E-state index contributed by atoms with van der Waals surface area (Å²) in [6.07, 6.45) is 3.57. The lowest BCUT2D eigenvalue weighted by Gasteiger charge is -2.58. The van der Waals surface area contributed by atoms with Crippen molar-refractivity contribution in [1.82, 2.24) is 15.6 Å². The first-order valence-electron chi connectivity index (χ1n) is 11.3. The monoisotopic (exact) mass is 464 g/mol. The fraction of sp³-hybridized carbons (Fsp3) is 0.696. The van der Waals surface area contributed by atoms with Crippen LogP contribution in [0.1, 0.15) is 56.5 Å². The third kappa shape index (κ3) is 4.70. The molecule has 1 aromatic rings. The van der Waals surface area contributed by atoms with E-state index in [9.17, 15) is 19.8 Å². The highest BCUT2D eigenvalue weighted by molar-refractivity contribution is 7.15. The van der Waals surface area contributed by atoms with Gasteiger partial charge in [-0.25, -0.2) is 4.98 Å². The van der Waals surface area contributed by atoms with Crippen LogP contribution in [-0.4, -0.2) is 59.4 Å². The minimum absolute atomic E-state index is 0.0288. The Balaban J connectivity index is 1.90. The average molecular weight is 465 g/mol. The number of carbonyl (C=O) groups excluding carboxylic acids is 2. The first kappa shape index (κ1) is 24.7. The highest BCUT2D eigenvalue weighted by Crippen LogP contribution is 2.62. The molecule has 0 bridgehead atoms. The molecule has 178 valence electrons. The normalized spacial score (nSPS) is 31.2. The highest BCUT2D eigenvalue weighted by Gasteiger charge is 2.59. The number of rotatable bonds is 9. The Kier molecular flexibility index (Phi) is 7.62. The van der Waals surface area contributed by atoms with Crippen LogP contribution >= 0.6 is 11.3 Å². The first-order valence-corrected chi connectivity index (χ1v) is 12.1. The molecule has 1 heterocycles. The van der Waals surface area contributed by atoms with Gasteiger partial charge in [-0.3, -0.25) is 9.59 Å². The van der Waals surface area contributed by atoms with Crippen molar-refractivity contribution < 1.29 is 19.8 Å². The summed E-state index contributed by atoms with van der Waals surface area (Å²) in [6, 6.07) is 0. The van der Waals surface area contributed by atoms with Crippen LogP contribution in [0, 0.1) is 16.7 Å². The number of hydrogen-bond acceptors (Lipinski definition) is 7. The number of aliphatic hydroxyl groups is 2. The molecule has 8 nitrogen and oxygen atoms in total. The van der Waals surface area contributed by atoms with Crippen LogP contribution in [0.5, 0.6) is 0 Å². The topological polar surface area (TPSA) is 124 Å². The number of thiazole rings is 1. The van der Waals surface area contributed by atoms with Gasteiger partial charge in [0.25, 0.3) is 0 Å². The smallest absolute Gasteiger partial charge is 0.220 e. The zero-order chi connectivity index (χ0) is 23.5. The number of hydrogen-bond donors (Lipinski definition) is 5. The summed E-state index contributed by atoms with van der Waals surface area (Å²) in [5.74, 6) is -0.303. The van der Waals surface area contributed by atoms with Crippen LogP contribution in [0.3, 0.4) is 0 Å². The third-order valence-corrected chi connectivity index (χ3v) is 8.55. The molecule has 0 radical (unpaired) electrons. The van der Waals surface area contributed by atoms with E-state index < -0.39 is 11.5 Å². The van der Waals surface area contributed by atoms with E-state index >= 15 is 0 Å². The van der Waals surface area contributed by atoms with Crippen LogP contribution in [-0.2, 0) is 16.0 Å². The maximum Gasteiger partial charge on any atom is 0.220 e. The number of aliphatic hydroxyl groups excluding tert-OH is 2. The molecule has 9 heteroatoms. The van der Waals surface area contributed by atoms with Crippen LogP contribution in [0.15, 0.2) is 12.7 Å². The lowest BCUT2D eigenvalue weighted by atomic mass is 9.47. The minimum atomic E-state index is -0.635. The predicted molar refractivity (Wildman–Crippen MR) is 126 cm³/mol. The average Bonchev–Trinajstić information content (AvgIpc) is 3.16. The van der Waals surface area contributed by atoms with Gasteiger partial charge in [0.15, 0.2) is 5.13 Å². The van der Waals surface area contributed by atoms with Crippen molar-refractivity contribution in [3.8, 4) is 0 Å². The maximum absolute atomic E-state index is 12.9. The number of carbonyl (C=O) groups is 2. The SMILES string of the molecule is C=CCNc1nc2c(s1)CC1C(C)(CO)C(O)CCC1(C)C2CC(=O)NCCNC(C)=O. The minimum Gasteiger partial charge on any atom is -0.396 e. The van der Waals surface area contributed by atoms with Crippen molar-refractivity contribution in [1.29, 1.82) is 0 Å². The lowest BCUT2D eigenvalue weighted by Crippen LogP contribution is -2.57. The Morgan fingerprint density at radius 2 is 2.03 bits per heavy atom. The standard InChI is InChI=1S/C23H36N4O4S/c1-5-8-26-21-27-20-15(11-19(31)25-10-9-24-14(2)29)22(3)7-6-18(30)23(4,13-28)17(22)12-16(20)32-21/h5,15,17-18,28,30H,1,6-13H2,2-4H3,(H,24,29)(H,25,31)(H,26,27). The molecule has 5 atom stereocenters. The van der Waals surface area contributed by atoms with Crippen LogP contribution < -0.4 is 16.0 Å². The summed E-state index contributed by atoms with van der Waals surface area (Å²) >= 11 is 1.59. The van der Waals surface area contributed by atoms with E-state index in [4.69, 9.17) is 4.98 Å². The van der Waals surface area contributed by atoms with Gasteiger partial charge in [-0.2, -0.15) is 0 Å². The number of nitrogens with zero attached hydrogens (tertiary/aromatic N) is 1. The molecule has 32 heavy (non-hydrogen) atoms. The molecule has 1 aromatic heterocycles. The second-order valence-electron chi connectivity index (χ2n) is 9.57. The number of anilines is 1. The molecule has 5 unspecified atom stereocenters. The molecule has 2 aliphatic carbocycles. The van der Waals surface area contributed by atoms with Crippen molar-refractivity contribution >= 4 is 28.3 Å². The molecule has 2 amide bonds. The molecule has 0 aliphatic heterocycles. The Labute approximate surface area is 193 Å². The van der Waals surface area contributed by atoms with Crippen molar-refractivity contribution in [2.75, 3.05) is 31.6 Å². The summed E-state index contributed by atoms with van der Waals surface area (Å²) in [5.41, 5.74) is 0.0421. The van der Waals surface area contributed by atoms with E-state index in [2.05, 4.69) is 29.5 Å². The Morgan fingerprint density at radius 3 is 2.69 bits per heavy atom. The van der Waals surface area contributed by atoms with E-state index in [1.165, 1.54) is 6.92 Å². The summed E-state index contributed by atoms with van der Waals surface area (Å²) in [7, 11) is 0. The van der Waals surface area contributed by atoms with Gasteiger partial charge in [0, 0.05) is 49.2 Å². The second kappa shape index (κ2) is 9.89. The molecule has 3 rings (SSSR count). The predicted octanol–water partition coefficient (Wildman–Crippen LogP) is 1.80. The molecule has 2 aliphatic rings. The van der Waals surface area contributed by atoms with Gasteiger partial charge in [0.2, 0.25) is 11.8 Å². The molecule has 0 spiro atoms. The molecule has 0 saturated heterocycles. The third-order valence-electron chi connectivity index (χ3n) is 7.50. The summed E-state index contributed by atoms with van der Waals surface area (Å²) in [4.78, 5) is 29.9. The summed E-state index contributed by atoms with van der Waals surface area (Å²) < 4.78 is 0. The van der Waals surface area contributed by atoms with E-state index in [1.807, 2.05) is 6.92 Å². The quantitative estimate of drug-likeness (QED) is 0.280. The van der Waals surface area contributed by atoms with Crippen LogP contribution in [0.25, 0.3) is 0 Å². The number of fused-ring (bicyclic) bond motifs is 2. The van der Waals surface area contributed by atoms with E-state index in [0.717, 1.165) is 28.5 Å². The van der Waals surface area contributed by atoms with Gasteiger partial charge < -0.3 is 26.2 Å². The number of aromatic nitrogens is 1. The number of amides is 2. The van der Waals surface area contributed by atoms with Gasteiger partial charge >= 0.3 is 0 Å². The van der Waals surface area contributed by atoms with Gasteiger partial charge in [0.1, 0.15) is 0 Å². The second-order valence-corrected chi connectivity index (χ2v) is 10.7. The van der Waals surface area contributed by atoms with Crippen LogP contribution in [0.4, 0.5) is 5.13 Å². The largest absolute Gasteiger partial charge is 0.396 e. The fourth-order valence-corrected chi connectivity index (χ4v) is 6.65. The molecular formula is C23H36N4O4S. The van der Waals surface area contributed by atoms with Crippen molar-refractivity contribution in [3.63, 3.8) is 0 Å². The molecule has 0 aromatic carbocycles. The van der Waals surface area contributed by atoms with Crippen molar-refractivity contribution in [2.24, 2.45) is 16.7 Å². The maximum atomic E-state index is 12.9. The lowest BCUT2D eigenvalue weighted by molar-refractivity contribution is -0.144. The zero-order valence-electron chi connectivity index (χ0n) is 19.2. The van der Waals surface area contributed by atoms with Gasteiger partial charge in [-0.05, 0) is 30.6 Å². The number of nitrogens with one attached hydrogen (secondary N) is 3. The summed E-state index contributed by atoms with van der Waals surface area (Å²) in [6.45, 7) is 10.6. The summed E-state index contributed by atoms with van der Waals surface area (Å²) in [5, 5.41) is 30.7. The Hall–Kier alpha value is -1.97. The molecule has 1 fully saturated rings. The molecular weight excluding hydrogens is 428 g/mol. The van der Waals surface area contributed by atoms with Gasteiger partial charge in [0.05, 0.1) is 18.4 Å². The van der Waals surface area contributed by atoms with Crippen molar-refractivity contribution in [3.05, 3.63) is 23.2 Å². The van der Waals surface area contributed by atoms with Gasteiger partial charge in [-0.1, -0.05) is 19.9 Å². The molecule has 5 N–H and O–H groups in total. The van der Waals surface area contributed by atoms with E-state index in [-0.39, 0.29) is 42.1 Å². The fourth-order valence-electron chi connectivity index (χ4n) is 5.58. The van der Waals surface area contributed by atoms with Crippen molar-refractivity contribution in [2.45, 2.75) is 58.5 Å². The van der Waals surface area contributed by atoms with Crippen LogP contribution in [0.2, 0.25) is 0 Å². The first-order chi connectivity index (χ1) is 15.2. The Morgan fingerprint density at radius 1 is 1.31 bits per heavy atom. The Bertz CT molecular complexity index is 859. The highest BCUT2D eigenvalue weighted by atomic mass is 32.1. The van der Waals surface area contributed by atoms with Gasteiger partial charge in [-0.15, -0.1) is 17.9 Å². The van der Waals surface area contributed by atoms with E-state index in [1.54, 1.807) is 17.4 Å².